The van der Waals surface area contributed by atoms with Gasteiger partial charge in [-0.1, -0.05) is 313 Å². The minimum Gasteiger partial charge on any atom is -0.311 e. The molecule has 0 fully saturated rings. The quantitative estimate of drug-likeness (QED) is 0.0981. The van der Waals surface area contributed by atoms with Crippen LogP contribution in [0.15, 0.2) is 352 Å². The number of anilines is 3. The minimum atomic E-state index is 0.331. The van der Waals surface area contributed by atoms with Gasteiger partial charge in [-0.05, 0) is 266 Å². The third-order valence-corrected chi connectivity index (χ3v) is 21.5. The van der Waals surface area contributed by atoms with Gasteiger partial charge < -0.3 is 4.90 Å². The zero-order valence-electron chi connectivity index (χ0n) is 57.9. The predicted octanol–water partition coefficient (Wildman–Crippen LogP) is 28.0. The summed E-state index contributed by atoms with van der Waals surface area (Å²) in [6, 6.07) is 133. The van der Waals surface area contributed by atoms with Gasteiger partial charge in [0.25, 0.3) is 0 Å². The van der Waals surface area contributed by atoms with E-state index in [9.17, 15) is 0 Å². The van der Waals surface area contributed by atoms with Crippen LogP contribution in [0.25, 0.3) is 142 Å². The van der Waals surface area contributed by atoms with E-state index in [0.29, 0.717) is 5.92 Å². The van der Waals surface area contributed by atoms with Gasteiger partial charge in [-0.15, -0.1) is 0 Å². The highest BCUT2D eigenvalue weighted by Crippen LogP contribution is 2.52. The summed E-state index contributed by atoms with van der Waals surface area (Å²) in [6.45, 7) is 8.65. The van der Waals surface area contributed by atoms with Crippen molar-refractivity contribution in [1.29, 1.82) is 0 Å². The number of nitrogens with zero attached hydrogens (tertiary/aromatic N) is 1. The van der Waals surface area contributed by atoms with E-state index >= 15 is 0 Å². The zero-order chi connectivity index (χ0) is 68.4. The summed E-state index contributed by atoms with van der Waals surface area (Å²) in [7, 11) is 0. The third-order valence-electron chi connectivity index (χ3n) is 21.5. The van der Waals surface area contributed by atoms with Crippen molar-refractivity contribution in [2.75, 3.05) is 4.90 Å². The molecule has 0 aromatic heterocycles. The molecular weight excluding hydrogens is 1230 g/mol. The van der Waals surface area contributed by atoms with Gasteiger partial charge in [0.2, 0.25) is 0 Å². The summed E-state index contributed by atoms with van der Waals surface area (Å²) in [6.07, 6.45) is 1.92. The van der Waals surface area contributed by atoms with Crippen molar-refractivity contribution in [3.63, 3.8) is 0 Å². The zero-order valence-corrected chi connectivity index (χ0v) is 57.9. The molecular formula is C101H75N. The molecule has 18 rings (SSSR count). The van der Waals surface area contributed by atoms with E-state index in [0.717, 1.165) is 35.5 Å². The summed E-state index contributed by atoms with van der Waals surface area (Å²) in [5.41, 5.74) is 26.9. The molecule has 0 aliphatic carbocycles. The van der Waals surface area contributed by atoms with Crippen LogP contribution >= 0.6 is 0 Å². The molecule has 0 amide bonds. The van der Waals surface area contributed by atoms with Crippen LogP contribution in [0.5, 0.6) is 0 Å². The van der Waals surface area contributed by atoms with Gasteiger partial charge in [0, 0.05) is 17.1 Å². The lowest BCUT2D eigenvalue weighted by Gasteiger charge is -2.26. The molecule has 0 heterocycles. The van der Waals surface area contributed by atoms with Gasteiger partial charge in [0.1, 0.15) is 0 Å². The van der Waals surface area contributed by atoms with Crippen molar-refractivity contribution >= 4 is 92.5 Å². The first-order valence-electron chi connectivity index (χ1n) is 35.9. The maximum Gasteiger partial charge on any atom is 0.0462 e. The fourth-order valence-corrected chi connectivity index (χ4v) is 16.5. The molecule has 0 aliphatic heterocycles. The van der Waals surface area contributed by atoms with Crippen molar-refractivity contribution < 1.29 is 0 Å². The smallest absolute Gasteiger partial charge is 0.0462 e. The maximum atomic E-state index is 2.52. The van der Waals surface area contributed by atoms with Gasteiger partial charge in [-0.3, -0.25) is 0 Å². The fourth-order valence-electron chi connectivity index (χ4n) is 16.5. The van der Waals surface area contributed by atoms with Crippen LogP contribution in [0.3, 0.4) is 0 Å². The number of hydrogen-bond donors (Lipinski definition) is 0. The highest BCUT2D eigenvalue weighted by molar-refractivity contribution is 6.26. The van der Waals surface area contributed by atoms with E-state index in [1.165, 1.54) is 176 Å². The molecule has 18 aromatic carbocycles. The second-order valence-corrected chi connectivity index (χ2v) is 28.1. The lowest BCUT2D eigenvalue weighted by atomic mass is 9.81. The largest absolute Gasteiger partial charge is 0.311 e. The predicted molar refractivity (Wildman–Crippen MR) is 438 cm³/mol. The van der Waals surface area contributed by atoms with Gasteiger partial charge in [0.15, 0.2) is 0 Å². The molecule has 0 saturated carbocycles. The van der Waals surface area contributed by atoms with Crippen LogP contribution in [0, 0.1) is 27.7 Å². The van der Waals surface area contributed by atoms with Gasteiger partial charge in [0.05, 0.1) is 0 Å². The molecule has 0 spiro atoms. The van der Waals surface area contributed by atoms with Crippen molar-refractivity contribution in [3.8, 4) is 66.8 Å². The molecule has 18 aromatic rings. The van der Waals surface area contributed by atoms with E-state index in [-0.39, 0.29) is 0 Å². The van der Waals surface area contributed by atoms with Crippen LogP contribution in [0.1, 0.15) is 44.9 Å². The van der Waals surface area contributed by atoms with Crippen LogP contribution in [0.2, 0.25) is 0 Å². The monoisotopic (exact) mass is 1300 g/mol. The Morgan fingerprint density at radius 2 is 0.451 bits per heavy atom. The minimum absolute atomic E-state index is 0.331. The number of benzene rings is 18. The highest BCUT2D eigenvalue weighted by Gasteiger charge is 2.25. The van der Waals surface area contributed by atoms with E-state index in [1.54, 1.807) is 0 Å². The van der Waals surface area contributed by atoms with E-state index in [2.05, 4.69) is 384 Å². The molecule has 1 nitrogen and oxygen atoms in total. The number of rotatable bonds is 14. The van der Waals surface area contributed by atoms with Gasteiger partial charge in [-0.25, -0.2) is 0 Å². The SMILES string of the molecule is Cc1ccc(CC(Cc2ccc(-c3c4ccccc4c(-c4cc(-c5c6ccccc6c(-c6ccc(N(c7ccc(C)cc7)c7ccc(C)cc7)cc6)c6ccccc56)cc(-c5c6ccccc6c(-c6ccc7ccccc7c6)c6ccccc56)c4)c4ccccc34)cc2)c2ccc(C)cc2)cc1. The van der Waals surface area contributed by atoms with Crippen LogP contribution in [0.4, 0.5) is 17.1 Å². The van der Waals surface area contributed by atoms with Crippen molar-refractivity contribution in [2.24, 2.45) is 0 Å². The number of aryl methyl sites for hydroxylation is 4. The molecule has 0 bridgehead atoms. The topological polar surface area (TPSA) is 3.24 Å². The molecule has 1 atom stereocenters. The first kappa shape index (κ1) is 61.9. The molecule has 0 saturated heterocycles. The van der Waals surface area contributed by atoms with Gasteiger partial charge in [-0.2, -0.15) is 0 Å². The van der Waals surface area contributed by atoms with Crippen molar-refractivity contribution in [1.82, 2.24) is 0 Å². The van der Waals surface area contributed by atoms with Crippen molar-refractivity contribution in [3.05, 3.63) is 391 Å². The summed E-state index contributed by atoms with van der Waals surface area (Å²) in [5, 5.41) is 17.1. The molecule has 0 radical (unpaired) electrons. The second-order valence-electron chi connectivity index (χ2n) is 28.1. The van der Waals surface area contributed by atoms with Crippen LogP contribution in [-0.4, -0.2) is 0 Å². The highest BCUT2D eigenvalue weighted by atomic mass is 15.1. The maximum absolute atomic E-state index is 2.52. The molecule has 0 aliphatic rings. The normalized spacial score (nSPS) is 12.0. The number of hydrogen-bond acceptors (Lipinski definition) is 1. The molecule has 1 unspecified atom stereocenters. The Morgan fingerprint density at radius 1 is 0.206 bits per heavy atom. The fraction of sp³-hybridized carbons (Fsp3) is 0.0693. The molecule has 0 N–H and O–H groups in total. The van der Waals surface area contributed by atoms with E-state index in [1.807, 2.05) is 0 Å². The molecule has 1 heteroatoms. The van der Waals surface area contributed by atoms with E-state index < -0.39 is 0 Å². The Morgan fingerprint density at radius 3 is 0.794 bits per heavy atom. The summed E-state index contributed by atoms with van der Waals surface area (Å²) >= 11 is 0. The standard InChI is InChI=1S/C101H75N/c1-65-33-41-69(42-34-65)59-77(72-45-35-66(2)36-46-72)60-70-43-47-73(48-44-70)96-84-21-7-13-27-90(84)99(91-28-14-8-22-85(91)96)78-62-79(64-80(63-78)101-94-31-17-11-25-88(94)98(89-26-12-18-32-95(89)101)76-50-49-71-19-5-6-20-75(71)61-76)100-92-29-15-9-23-86(92)97(87-24-10-16-30-93(87)100)74-51-57-83(58-52-74)102(81-53-37-67(3)38-54-81)82-55-39-68(4)40-56-82/h5-58,61-64,77H,59-60H2,1-4H3. The third kappa shape index (κ3) is 11.2. The first-order chi connectivity index (χ1) is 50.2. The Labute approximate surface area is 597 Å². The molecule has 102 heavy (non-hydrogen) atoms. The lowest BCUT2D eigenvalue weighted by molar-refractivity contribution is 0.680. The Kier molecular flexibility index (Phi) is 15.8. The van der Waals surface area contributed by atoms with Crippen LogP contribution < -0.4 is 4.90 Å². The summed E-state index contributed by atoms with van der Waals surface area (Å²) < 4.78 is 0. The Hall–Kier alpha value is -12.4. The van der Waals surface area contributed by atoms with Gasteiger partial charge >= 0.3 is 0 Å². The van der Waals surface area contributed by atoms with Crippen molar-refractivity contribution in [2.45, 2.75) is 46.5 Å². The first-order valence-corrected chi connectivity index (χ1v) is 35.9. The lowest BCUT2D eigenvalue weighted by Crippen LogP contribution is -2.09. The van der Waals surface area contributed by atoms with E-state index in [4.69, 9.17) is 0 Å². The average Bonchev–Trinajstić information content (AvgIpc) is 0.730. The van der Waals surface area contributed by atoms with Crippen LogP contribution in [-0.2, 0) is 12.8 Å². The number of fused-ring (bicyclic) bond motifs is 7. The summed E-state index contributed by atoms with van der Waals surface area (Å²) in [4.78, 5) is 2.37. The average molecular weight is 1300 g/mol. The molecule has 484 valence electrons. The Bertz CT molecular complexity index is 6020. The second kappa shape index (κ2) is 26.0. The summed E-state index contributed by atoms with van der Waals surface area (Å²) in [5.74, 6) is 0.331. The Balaban J connectivity index is 0.847.